The Bertz CT molecular complexity index is 815. The molecule has 0 bridgehead atoms. The summed E-state index contributed by atoms with van der Waals surface area (Å²) in [5.74, 6) is -0.581. The van der Waals surface area contributed by atoms with Gasteiger partial charge in [0.05, 0.1) is 5.56 Å². The molecule has 0 radical (unpaired) electrons. The molecule has 3 aromatic rings. The van der Waals surface area contributed by atoms with E-state index in [1.165, 1.54) is 11.1 Å². The van der Waals surface area contributed by atoms with Gasteiger partial charge in [-0.25, -0.2) is 0 Å². The van der Waals surface area contributed by atoms with Crippen molar-refractivity contribution in [1.29, 1.82) is 0 Å². The molecule has 0 atom stereocenters. The molecule has 0 fully saturated rings. The Hall–Kier alpha value is -2.94. The lowest BCUT2D eigenvalue weighted by atomic mass is 9.99. The lowest BCUT2D eigenvalue weighted by molar-refractivity contribution is 0.0993. The van der Waals surface area contributed by atoms with Crippen LogP contribution in [0.25, 0.3) is 10.8 Å². The zero-order chi connectivity index (χ0) is 16.8. The summed E-state index contributed by atoms with van der Waals surface area (Å²) in [6.07, 6.45) is 0.669. The summed E-state index contributed by atoms with van der Waals surface area (Å²) in [7, 11) is 0. The molecule has 0 saturated heterocycles. The fourth-order valence-corrected chi connectivity index (χ4v) is 2.27. The first-order valence-electron chi connectivity index (χ1n) is 7.33. The van der Waals surface area contributed by atoms with Crippen molar-refractivity contribution in [3.63, 3.8) is 0 Å². The smallest absolute Gasteiger partial charge is 0.249 e. The van der Waals surface area contributed by atoms with Crippen LogP contribution in [0.2, 0.25) is 0 Å². The minimum absolute atomic E-state index is 0.267. The highest BCUT2D eigenvalue weighted by atomic mass is 16.1. The average molecular weight is 305 g/mol. The second-order valence-corrected chi connectivity index (χ2v) is 5.38. The molecule has 0 heterocycles. The summed E-state index contributed by atoms with van der Waals surface area (Å²) in [5.41, 5.74) is 8.47. The summed E-state index contributed by atoms with van der Waals surface area (Å²) in [4.78, 5) is 22.0. The number of fused-ring (bicyclic) bond motifs is 1. The Morgan fingerprint density at radius 3 is 1.96 bits per heavy atom. The fourth-order valence-electron chi connectivity index (χ4n) is 2.27. The van der Waals surface area contributed by atoms with Gasteiger partial charge in [-0.15, -0.1) is 0 Å². The van der Waals surface area contributed by atoms with Crippen LogP contribution in [0, 0.1) is 13.8 Å². The number of amides is 1. The average Bonchev–Trinajstić information content (AvgIpc) is 2.57. The van der Waals surface area contributed by atoms with Crippen LogP contribution < -0.4 is 5.73 Å². The standard InChI is InChI=1S/C12H9NO2.C8H10/c13-12(15)10-6-5-8-3-1-2-4-9(8)11(10)7-14;1-7-3-5-8(2)6-4-7/h1-7H,(H2,13,15);3-6H,1-2H3. The van der Waals surface area contributed by atoms with Crippen LogP contribution in [0.4, 0.5) is 0 Å². The third-order valence-electron chi connectivity index (χ3n) is 3.57. The third-order valence-corrected chi connectivity index (χ3v) is 3.57. The van der Waals surface area contributed by atoms with Gasteiger partial charge in [0, 0.05) is 5.56 Å². The molecule has 1 amide bonds. The largest absolute Gasteiger partial charge is 0.366 e. The first-order valence-corrected chi connectivity index (χ1v) is 7.33. The summed E-state index contributed by atoms with van der Waals surface area (Å²) >= 11 is 0. The molecule has 0 aliphatic rings. The zero-order valence-corrected chi connectivity index (χ0v) is 13.2. The van der Waals surface area contributed by atoms with Gasteiger partial charge in [-0.05, 0) is 30.7 Å². The highest BCUT2D eigenvalue weighted by molar-refractivity contribution is 6.09. The lowest BCUT2D eigenvalue weighted by Crippen LogP contribution is -2.13. The van der Waals surface area contributed by atoms with E-state index in [1.807, 2.05) is 18.2 Å². The lowest BCUT2D eigenvalue weighted by Gasteiger charge is -2.04. The van der Waals surface area contributed by atoms with Crippen molar-refractivity contribution in [1.82, 2.24) is 0 Å². The molecule has 116 valence electrons. The molecule has 23 heavy (non-hydrogen) atoms. The highest BCUT2D eigenvalue weighted by Gasteiger charge is 2.10. The van der Waals surface area contributed by atoms with Crippen LogP contribution in [0.3, 0.4) is 0 Å². The van der Waals surface area contributed by atoms with Crippen LogP contribution >= 0.6 is 0 Å². The van der Waals surface area contributed by atoms with Crippen molar-refractivity contribution >= 4 is 23.0 Å². The van der Waals surface area contributed by atoms with Gasteiger partial charge in [-0.2, -0.15) is 0 Å². The van der Waals surface area contributed by atoms with Gasteiger partial charge >= 0.3 is 0 Å². The topological polar surface area (TPSA) is 60.2 Å². The monoisotopic (exact) mass is 305 g/mol. The Morgan fingerprint density at radius 1 is 0.870 bits per heavy atom. The zero-order valence-electron chi connectivity index (χ0n) is 13.2. The molecule has 3 nitrogen and oxygen atoms in total. The maximum Gasteiger partial charge on any atom is 0.249 e. The van der Waals surface area contributed by atoms with E-state index in [4.69, 9.17) is 5.73 Å². The summed E-state index contributed by atoms with van der Waals surface area (Å²) in [6.45, 7) is 4.19. The third kappa shape index (κ3) is 4.04. The van der Waals surface area contributed by atoms with Gasteiger partial charge in [-0.3, -0.25) is 9.59 Å². The van der Waals surface area contributed by atoms with Crippen LogP contribution in [0.15, 0.2) is 60.7 Å². The van der Waals surface area contributed by atoms with Gasteiger partial charge in [0.2, 0.25) is 5.91 Å². The molecule has 0 aliphatic carbocycles. The van der Waals surface area contributed by atoms with E-state index < -0.39 is 5.91 Å². The number of aldehydes is 1. The molecule has 3 aromatic carbocycles. The summed E-state index contributed by atoms with van der Waals surface area (Å²) < 4.78 is 0. The fraction of sp³-hybridized carbons (Fsp3) is 0.100. The van der Waals surface area contributed by atoms with Gasteiger partial charge < -0.3 is 5.73 Å². The number of nitrogens with two attached hydrogens (primary N) is 1. The molecular weight excluding hydrogens is 286 g/mol. The Labute approximate surface area is 135 Å². The molecular formula is C20H19NO2. The van der Waals surface area contributed by atoms with Crippen LogP contribution in [-0.4, -0.2) is 12.2 Å². The Morgan fingerprint density at radius 2 is 1.43 bits per heavy atom. The van der Waals surface area contributed by atoms with Gasteiger partial charge in [0.1, 0.15) is 0 Å². The molecule has 3 heteroatoms. The second-order valence-electron chi connectivity index (χ2n) is 5.38. The van der Waals surface area contributed by atoms with Gasteiger partial charge in [0.25, 0.3) is 0 Å². The minimum Gasteiger partial charge on any atom is -0.366 e. The number of aryl methyl sites for hydroxylation is 2. The van der Waals surface area contributed by atoms with E-state index in [0.717, 1.165) is 10.8 Å². The molecule has 0 saturated carbocycles. The summed E-state index contributed by atoms with van der Waals surface area (Å²) in [5, 5.41) is 1.67. The van der Waals surface area contributed by atoms with E-state index in [-0.39, 0.29) is 5.56 Å². The predicted molar refractivity (Wildman–Crippen MR) is 93.8 cm³/mol. The van der Waals surface area contributed by atoms with Gasteiger partial charge in [0.15, 0.2) is 6.29 Å². The van der Waals surface area contributed by atoms with Crippen molar-refractivity contribution < 1.29 is 9.59 Å². The second kappa shape index (κ2) is 7.36. The van der Waals surface area contributed by atoms with E-state index in [1.54, 1.807) is 18.2 Å². The molecule has 0 unspecified atom stereocenters. The first kappa shape index (κ1) is 16.4. The Balaban J connectivity index is 0.000000203. The number of rotatable bonds is 2. The number of hydrogen-bond acceptors (Lipinski definition) is 2. The van der Waals surface area contributed by atoms with E-state index in [9.17, 15) is 9.59 Å². The van der Waals surface area contributed by atoms with Crippen LogP contribution in [0.1, 0.15) is 31.8 Å². The van der Waals surface area contributed by atoms with Crippen molar-refractivity contribution in [3.05, 3.63) is 82.9 Å². The van der Waals surface area contributed by atoms with E-state index in [2.05, 4.69) is 38.1 Å². The number of carbonyl (C=O) groups is 2. The summed E-state index contributed by atoms with van der Waals surface area (Å²) in [6, 6.07) is 19.2. The molecule has 0 aromatic heterocycles. The number of primary amides is 1. The highest BCUT2D eigenvalue weighted by Crippen LogP contribution is 2.20. The normalized spacial score (nSPS) is 9.83. The van der Waals surface area contributed by atoms with Crippen LogP contribution in [0.5, 0.6) is 0 Å². The van der Waals surface area contributed by atoms with E-state index in [0.29, 0.717) is 11.8 Å². The Kier molecular flexibility index (Phi) is 5.26. The molecule has 2 N–H and O–H groups in total. The van der Waals surface area contributed by atoms with E-state index >= 15 is 0 Å². The van der Waals surface area contributed by atoms with Crippen LogP contribution in [-0.2, 0) is 0 Å². The van der Waals surface area contributed by atoms with Crippen molar-refractivity contribution in [2.45, 2.75) is 13.8 Å². The first-order chi connectivity index (χ1) is 11.0. The number of hydrogen-bond donors (Lipinski definition) is 1. The maximum atomic E-state index is 11.1. The van der Waals surface area contributed by atoms with Gasteiger partial charge in [-0.1, -0.05) is 65.7 Å². The molecule has 0 spiro atoms. The maximum absolute atomic E-state index is 11.1. The van der Waals surface area contributed by atoms with Crippen molar-refractivity contribution in [3.8, 4) is 0 Å². The quantitative estimate of drug-likeness (QED) is 0.726. The number of carbonyl (C=O) groups excluding carboxylic acids is 2. The van der Waals surface area contributed by atoms with Crippen molar-refractivity contribution in [2.24, 2.45) is 5.73 Å². The predicted octanol–water partition coefficient (Wildman–Crippen LogP) is 4.05. The number of benzene rings is 3. The minimum atomic E-state index is -0.581. The SMILES string of the molecule is Cc1ccc(C)cc1.NC(=O)c1ccc2ccccc2c1C=O. The molecule has 0 aliphatic heterocycles. The molecule has 3 rings (SSSR count). The van der Waals surface area contributed by atoms with Crippen molar-refractivity contribution in [2.75, 3.05) is 0 Å².